The van der Waals surface area contributed by atoms with E-state index < -0.39 is 11.9 Å². The molecular weight excluding hydrogens is 316 g/mol. The minimum Gasteiger partial charge on any atom is -0.506 e. The first-order valence-electron chi connectivity index (χ1n) is 6.83. The van der Waals surface area contributed by atoms with Gasteiger partial charge in [0.2, 0.25) is 0 Å². The number of carbonyl (C=O) groups excluding carboxylic acids is 1. The fourth-order valence-electron chi connectivity index (χ4n) is 1.58. The van der Waals surface area contributed by atoms with E-state index in [1.165, 1.54) is 36.4 Å². The standard InChI is InChI=1S/C9H11NO3.C7H7NO3/c1-2-13-9(12)6-3-4-8(11)7(10)5-6;8-5-3-4(7(10)11)1-2-6(5)9/h3-5,11H,2,10H2,1H3;1-3,9H,8H2,(H,10,11). The van der Waals surface area contributed by atoms with Crippen LogP contribution in [0.5, 0.6) is 11.5 Å². The molecule has 8 heteroatoms. The monoisotopic (exact) mass is 334 g/mol. The zero-order valence-electron chi connectivity index (χ0n) is 12.9. The summed E-state index contributed by atoms with van der Waals surface area (Å²) in [4.78, 5) is 21.5. The van der Waals surface area contributed by atoms with Crippen LogP contribution < -0.4 is 11.5 Å². The van der Waals surface area contributed by atoms with Crippen molar-refractivity contribution in [3.05, 3.63) is 47.5 Å². The van der Waals surface area contributed by atoms with Crippen LogP contribution in [0.15, 0.2) is 36.4 Å². The van der Waals surface area contributed by atoms with E-state index in [4.69, 9.17) is 31.5 Å². The molecule has 0 saturated heterocycles. The van der Waals surface area contributed by atoms with Crippen LogP contribution in [-0.2, 0) is 4.74 Å². The number of aromatic carboxylic acids is 1. The fraction of sp³-hybridized carbons (Fsp3) is 0.125. The van der Waals surface area contributed by atoms with Gasteiger partial charge in [0, 0.05) is 0 Å². The first-order chi connectivity index (χ1) is 11.3. The molecule has 0 unspecified atom stereocenters. The molecule has 0 aliphatic carbocycles. The van der Waals surface area contributed by atoms with Gasteiger partial charge in [-0.05, 0) is 43.3 Å². The van der Waals surface area contributed by atoms with Gasteiger partial charge >= 0.3 is 11.9 Å². The van der Waals surface area contributed by atoms with Crippen LogP contribution in [0.3, 0.4) is 0 Å². The molecular formula is C16H18N2O6. The summed E-state index contributed by atoms with van der Waals surface area (Å²) in [5.74, 6) is -1.63. The molecule has 24 heavy (non-hydrogen) atoms. The predicted octanol–water partition coefficient (Wildman–Crippen LogP) is 1.82. The van der Waals surface area contributed by atoms with Crippen LogP contribution in [0.4, 0.5) is 11.4 Å². The van der Waals surface area contributed by atoms with Gasteiger partial charge < -0.3 is 31.5 Å². The molecule has 0 spiro atoms. The van der Waals surface area contributed by atoms with Crippen LogP contribution >= 0.6 is 0 Å². The van der Waals surface area contributed by atoms with Gasteiger partial charge in [0.15, 0.2) is 0 Å². The van der Waals surface area contributed by atoms with Crippen molar-refractivity contribution in [2.75, 3.05) is 18.1 Å². The lowest BCUT2D eigenvalue weighted by atomic mass is 10.2. The highest BCUT2D eigenvalue weighted by molar-refractivity contribution is 5.91. The quantitative estimate of drug-likeness (QED) is 0.323. The lowest BCUT2D eigenvalue weighted by Crippen LogP contribution is -2.04. The van der Waals surface area contributed by atoms with E-state index >= 15 is 0 Å². The molecule has 2 aromatic rings. The highest BCUT2D eigenvalue weighted by Crippen LogP contribution is 2.21. The third kappa shape index (κ3) is 5.09. The van der Waals surface area contributed by atoms with Crippen molar-refractivity contribution in [1.82, 2.24) is 0 Å². The Bertz CT molecular complexity index is 745. The SMILES string of the molecule is CCOC(=O)c1ccc(O)c(N)c1.Nc1cc(C(=O)O)ccc1O. The summed E-state index contributed by atoms with van der Waals surface area (Å²) in [6.07, 6.45) is 0. The normalized spacial score (nSPS) is 9.54. The lowest BCUT2D eigenvalue weighted by molar-refractivity contribution is 0.0526. The molecule has 128 valence electrons. The van der Waals surface area contributed by atoms with Crippen LogP contribution in [0.25, 0.3) is 0 Å². The Morgan fingerprint density at radius 2 is 1.42 bits per heavy atom. The Kier molecular flexibility index (Phi) is 6.42. The van der Waals surface area contributed by atoms with Gasteiger partial charge in [-0.3, -0.25) is 0 Å². The van der Waals surface area contributed by atoms with Crippen molar-refractivity contribution in [2.45, 2.75) is 6.92 Å². The molecule has 0 bridgehead atoms. The Balaban J connectivity index is 0.000000243. The van der Waals surface area contributed by atoms with Gasteiger partial charge in [-0.25, -0.2) is 9.59 Å². The van der Waals surface area contributed by atoms with E-state index in [0.29, 0.717) is 12.2 Å². The molecule has 0 fully saturated rings. The summed E-state index contributed by atoms with van der Waals surface area (Å²) in [6.45, 7) is 2.04. The number of carboxylic acids is 1. The van der Waals surface area contributed by atoms with Crippen molar-refractivity contribution < 1.29 is 29.6 Å². The van der Waals surface area contributed by atoms with Gasteiger partial charge in [-0.1, -0.05) is 0 Å². The second-order valence-electron chi connectivity index (χ2n) is 4.57. The van der Waals surface area contributed by atoms with Crippen molar-refractivity contribution >= 4 is 23.3 Å². The van der Waals surface area contributed by atoms with E-state index in [-0.39, 0.29) is 28.4 Å². The lowest BCUT2D eigenvalue weighted by Gasteiger charge is -2.03. The van der Waals surface area contributed by atoms with E-state index in [9.17, 15) is 9.59 Å². The number of carboxylic acid groups (broad SMARTS) is 1. The van der Waals surface area contributed by atoms with Gasteiger partial charge in [-0.2, -0.15) is 0 Å². The maximum Gasteiger partial charge on any atom is 0.338 e. The van der Waals surface area contributed by atoms with Crippen molar-refractivity contribution in [3.8, 4) is 11.5 Å². The Hall–Kier alpha value is -3.42. The highest BCUT2D eigenvalue weighted by atomic mass is 16.5. The number of phenolic OH excluding ortho intramolecular Hbond substituents is 2. The van der Waals surface area contributed by atoms with Crippen LogP contribution in [0, 0.1) is 0 Å². The topological polar surface area (TPSA) is 156 Å². The van der Waals surface area contributed by atoms with E-state index in [2.05, 4.69) is 0 Å². The Labute approximate surface area is 137 Å². The van der Waals surface area contributed by atoms with Crippen LogP contribution in [-0.4, -0.2) is 33.9 Å². The second kappa shape index (κ2) is 8.28. The van der Waals surface area contributed by atoms with Gasteiger partial charge in [0.05, 0.1) is 29.1 Å². The van der Waals surface area contributed by atoms with Crippen LogP contribution in [0.1, 0.15) is 27.6 Å². The first kappa shape index (κ1) is 18.6. The van der Waals surface area contributed by atoms with Crippen molar-refractivity contribution in [3.63, 3.8) is 0 Å². The average Bonchev–Trinajstić information content (AvgIpc) is 2.53. The van der Waals surface area contributed by atoms with E-state index in [0.717, 1.165) is 0 Å². The zero-order chi connectivity index (χ0) is 18.3. The highest BCUT2D eigenvalue weighted by Gasteiger charge is 2.07. The number of nitrogens with two attached hydrogens (primary N) is 2. The summed E-state index contributed by atoms with van der Waals surface area (Å²) in [5, 5.41) is 26.4. The molecule has 7 N–H and O–H groups in total. The Morgan fingerprint density at radius 3 is 1.83 bits per heavy atom. The molecule has 0 amide bonds. The molecule has 8 nitrogen and oxygen atoms in total. The summed E-state index contributed by atoms with van der Waals surface area (Å²) >= 11 is 0. The van der Waals surface area contributed by atoms with Crippen molar-refractivity contribution in [1.29, 1.82) is 0 Å². The maximum absolute atomic E-state index is 11.1. The number of esters is 1. The number of anilines is 2. The third-order valence-corrected chi connectivity index (χ3v) is 2.81. The van der Waals surface area contributed by atoms with Gasteiger partial charge in [0.1, 0.15) is 11.5 Å². The second-order valence-corrected chi connectivity index (χ2v) is 4.57. The molecule has 0 aromatic heterocycles. The summed E-state index contributed by atoms with van der Waals surface area (Å²) < 4.78 is 4.75. The Morgan fingerprint density at radius 1 is 0.958 bits per heavy atom. The molecule has 0 radical (unpaired) electrons. The molecule has 0 atom stereocenters. The number of ether oxygens (including phenoxy) is 1. The largest absolute Gasteiger partial charge is 0.506 e. The summed E-state index contributed by atoms with van der Waals surface area (Å²) in [6, 6.07) is 7.95. The predicted molar refractivity (Wildman–Crippen MR) is 88.0 cm³/mol. The number of hydrogen-bond acceptors (Lipinski definition) is 7. The molecule has 2 aromatic carbocycles. The number of carbonyl (C=O) groups is 2. The van der Waals surface area contributed by atoms with Crippen LogP contribution in [0.2, 0.25) is 0 Å². The minimum absolute atomic E-state index is 0.0342. The van der Waals surface area contributed by atoms with Gasteiger partial charge in [0.25, 0.3) is 0 Å². The number of nitrogen functional groups attached to an aromatic ring is 2. The smallest absolute Gasteiger partial charge is 0.338 e. The summed E-state index contributed by atoms with van der Waals surface area (Å²) in [7, 11) is 0. The molecule has 0 saturated carbocycles. The zero-order valence-corrected chi connectivity index (χ0v) is 12.9. The third-order valence-electron chi connectivity index (χ3n) is 2.81. The maximum atomic E-state index is 11.1. The fourth-order valence-corrected chi connectivity index (χ4v) is 1.58. The molecule has 2 rings (SSSR count). The van der Waals surface area contributed by atoms with Crippen molar-refractivity contribution in [2.24, 2.45) is 0 Å². The number of phenols is 2. The molecule has 0 heterocycles. The number of rotatable bonds is 3. The molecule has 0 aliphatic rings. The average molecular weight is 334 g/mol. The minimum atomic E-state index is -1.06. The van der Waals surface area contributed by atoms with E-state index in [1.807, 2.05) is 0 Å². The van der Waals surface area contributed by atoms with Gasteiger partial charge in [-0.15, -0.1) is 0 Å². The number of aromatic hydroxyl groups is 2. The number of hydrogen-bond donors (Lipinski definition) is 5. The first-order valence-corrected chi connectivity index (χ1v) is 6.83. The number of benzene rings is 2. The summed E-state index contributed by atoms with van der Waals surface area (Å²) in [5.41, 5.74) is 11.3. The van der Waals surface area contributed by atoms with E-state index in [1.54, 1.807) is 6.92 Å². The molecule has 0 aliphatic heterocycles.